The largest absolute Gasteiger partial charge is 0.494 e. The minimum absolute atomic E-state index is 0.0945. The van der Waals surface area contributed by atoms with Crippen LogP contribution in [0.25, 0.3) is 11.1 Å². The molecule has 0 saturated heterocycles. The van der Waals surface area contributed by atoms with E-state index in [0.717, 1.165) is 12.1 Å². The van der Waals surface area contributed by atoms with Gasteiger partial charge in [0, 0.05) is 17.2 Å². The van der Waals surface area contributed by atoms with Gasteiger partial charge in [0.15, 0.2) is 23.0 Å². The summed E-state index contributed by atoms with van der Waals surface area (Å²) >= 11 is 1.78. The Morgan fingerprint density at radius 2 is 1.74 bits per heavy atom. The zero-order valence-electron chi connectivity index (χ0n) is 12.3. The van der Waals surface area contributed by atoms with Crippen molar-refractivity contribution in [3.63, 3.8) is 0 Å². The van der Waals surface area contributed by atoms with Gasteiger partial charge in [0.2, 0.25) is 5.82 Å². The average Bonchev–Trinajstić information content (AvgIpc) is 2.54. The first-order valence-corrected chi connectivity index (χ1v) is 7.37. The molecule has 0 fully saturated rings. The lowest BCUT2D eigenvalue weighted by Crippen LogP contribution is -2.03. The maximum atomic E-state index is 14.4. The minimum Gasteiger partial charge on any atom is -0.494 e. The molecule has 0 amide bonds. The van der Waals surface area contributed by atoms with Crippen LogP contribution in [0.15, 0.2) is 17.3 Å². The summed E-state index contributed by atoms with van der Waals surface area (Å²) in [5.74, 6) is -3.71. The second-order valence-electron chi connectivity index (χ2n) is 4.57. The van der Waals surface area contributed by atoms with E-state index in [9.17, 15) is 18.1 Å². The Morgan fingerprint density at radius 1 is 1.09 bits per heavy atom. The molecule has 0 unspecified atom stereocenters. The summed E-state index contributed by atoms with van der Waals surface area (Å²) in [5, 5.41) is 2.72. The van der Waals surface area contributed by atoms with Crippen LogP contribution < -0.4 is 9.47 Å². The Labute approximate surface area is 143 Å². The summed E-state index contributed by atoms with van der Waals surface area (Å²) in [4.78, 5) is 10.8. The highest BCUT2D eigenvalue weighted by molar-refractivity contribution is 14.1. The van der Waals surface area contributed by atoms with Gasteiger partial charge in [-0.05, 0) is 46.3 Å². The maximum absolute atomic E-state index is 14.4. The van der Waals surface area contributed by atoms with E-state index in [1.54, 1.807) is 22.6 Å². The Balaban J connectivity index is 2.85. The first-order valence-electron chi connectivity index (χ1n) is 6.29. The molecular weight excluding hydrogens is 426 g/mol. The van der Waals surface area contributed by atoms with Crippen molar-refractivity contribution in [2.75, 3.05) is 14.2 Å². The van der Waals surface area contributed by atoms with Crippen LogP contribution in [0.2, 0.25) is 0 Å². The van der Waals surface area contributed by atoms with Gasteiger partial charge in [0.25, 0.3) is 0 Å². The second kappa shape index (κ2) is 6.73. The number of benzene rings is 2. The fourth-order valence-electron chi connectivity index (χ4n) is 2.22. The highest BCUT2D eigenvalue weighted by Crippen LogP contribution is 2.41. The normalized spacial score (nSPS) is 10.6. The molecule has 0 atom stereocenters. The van der Waals surface area contributed by atoms with E-state index in [-0.39, 0.29) is 33.9 Å². The molecular formula is C15H11F3INO3. The van der Waals surface area contributed by atoms with Gasteiger partial charge in [0.05, 0.1) is 17.8 Å². The number of nitroso groups, excluding NO2 is 1. The summed E-state index contributed by atoms with van der Waals surface area (Å²) < 4.78 is 52.8. The Bertz CT molecular complexity index is 767. The zero-order valence-corrected chi connectivity index (χ0v) is 14.5. The van der Waals surface area contributed by atoms with Crippen molar-refractivity contribution >= 4 is 28.3 Å². The van der Waals surface area contributed by atoms with E-state index in [2.05, 4.69) is 5.18 Å². The molecule has 8 heteroatoms. The van der Waals surface area contributed by atoms with E-state index < -0.39 is 17.5 Å². The SMILES string of the molecule is COc1cc(F)c(-c2c(C)c(I)c(OC)c(F)c2F)cc1N=O. The summed E-state index contributed by atoms with van der Waals surface area (Å²) in [5.41, 5.74) is -0.510. The van der Waals surface area contributed by atoms with Gasteiger partial charge in [0.1, 0.15) is 5.82 Å². The van der Waals surface area contributed by atoms with Gasteiger partial charge in [-0.15, -0.1) is 4.91 Å². The van der Waals surface area contributed by atoms with Crippen LogP contribution in [-0.2, 0) is 0 Å². The van der Waals surface area contributed by atoms with Crippen molar-refractivity contribution in [1.29, 1.82) is 0 Å². The number of rotatable bonds is 4. The van der Waals surface area contributed by atoms with Crippen LogP contribution >= 0.6 is 22.6 Å². The summed E-state index contributed by atoms with van der Waals surface area (Å²) in [7, 11) is 2.45. The standard InChI is InChI=1S/C15H11F3INO3/c1-6-11(12(17)13(18)15(23-3)14(6)19)7-4-9(20-21)10(22-2)5-8(7)16/h4-5H,1-3H3. The minimum atomic E-state index is -1.26. The fraction of sp³-hybridized carbons (Fsp3) is 0.200. The summed E-state index contributed by atoms with van der Waals surface area (Å²) in [6.45, 7) is 1.50. The summed E-state index contributed by atoms with van der Waals surface area (Å²) in [6, 6.07) is 1.93. The maximum Gasteiger partial charge on any atom is 0.202 e. The molecule has 0 heterocycles. The first-order chi connectivity index (χ1) is 10.9. The van der Waals surface area contributed by atoms with E-state index in [1.807, 2.05) is 0 Å². The predicted octanol–water partition coefficient (Wildman–Crippen LogP) is 5.10. The second-order valence-corrected chi connectivity index (χ2v) is 5.65. The van der Waals surface area contributed by atoms with Crippen molar-refractivity contribution in [3.05, 3.63) is 43.6 Å². The molecule has 0 aromatic heterocycles. The molecule has 122 valence electrons. The molecule has 0 spiro atoms. The number of nitrogens with zero attached hydrogens (tertiary/aromatic N) is 1. The molecule has 0 aliphatic carbocycles. The highest BCUT2D eigenvalue weighted by Gasteiger charge is 2.25. The van der Waals surface area contributed by atoms with E-state index >= 15 is 0 Å². The van der Waals surface area contributed by atoms with Crippen LogP contribution in [0.1, 0.15) is 5.56 Å². The molecule has 2 aromatic carbocycles. The molecule has 0 bridgehead atoms. The third-order valence-electron chi connectivity index (χ3n) is 3.36. The smallest absolute Gasteiger partial charge is 0.202 e. The quantitative estimate of drug-likeness (QED) is 0.380. The number of hydrogen-bond acceptors (Lipinski definition) is 4. The van der Waals surface area contributed by atoms with Crippen molar-refractivity contribution in [2.24, 2.45) is 5.18 Å². The molecule has 23 heavy (non-hydrogen) atoms. The van der Waals surface area contributed by atoms with Crippen LogP contribution in [0.4, 0.5) is 18.9 Å². The molecule has 0 aliphatic rings. The topological polar surface area (TPSA) is 47.9 Å². The Kier molecular flexibility index (Phi) is 5.12. The van der Waals surface area contributed by atoms with Crippen molar-refractivity contribution in [2.45, 2.75) is 6.92 Å². The van der Waals surface area contributed by atoms with Gasteiger partial charge < -0.3 is 9.47 Å². The number of ether oxygens (including phenoxy) is 2. The van der Waals surface area contributed by atoms with E-state index in [4.69, 9.17) is 9.47 Å². The van der Waals surface area contributed by atoms with E-state index in [1.165, 1.54) is 21.1 Å². The van der Waals surface area contributed by atoms with Crippen LogP contribution in [0, 0.1) is 32.9 Å². The lowest BCUT2D eigenvalue weighted by molar-refractivity contribution is 0.368. The monoisotopic (exact) mass is 437 g/mol. The van der Waals surface area contributed by atoms with Gasteiger partial charge in [-0.25, -0.2) is 8.78 Å². The fourth-order valence-corrected chi connectivity index (χ4v) is 2.95. The Hall–Kier alpha value is -1.84. The highest BCUT2D eigenvalue weighted by atomic mass is 127. The number of halogens is 4. The molecule has 0 radical (unpaired) electrons. The van der Waals surface area contributed by atoms with Gasteiger partial charge in [-0.1, -0.05) is 0 Å². The molecule has 0 N–H and O–H groups in total. The lowest BCUT2D eigenvalue weighted by Gasteiger charge is -2.16. The average molecular weight is 437 g/mol. The molecule has 2 rings (SSSR count). The zero-order chi connectivity index (χ0) is 17.3. The van der Waals surface area contributed by atoms with Crippen molar-refractivity contribution in [3.8, 4) is 22.6 Å². The molecule has 0 saturated carbocycles. The molecule has 2 aromatic rings. The van der Waals surface area contributed by atoms with Crippen molar-refractivity contribution < 1.29 is 22.6 Å². The van der Waals surface area contributed by atoms with Crippen LogP contribution in [-0.4, -0.2) is 14.2 Å². The number of methoxy groups -OCH3 is 2. The summed E-state index contributed by atoms with van der Waals surface area (Å²) in [6.07, 6.45) is 0. The lowest BCUT2D eigenvalue weighted by atomic mass is 9.98. The van der Waals surface area contributed by atoms with Gasteiger partial charge in [-0.3, -0.25) is 0 Å². The van der Waals surface area contributed by atoms with Crippen LogP contribution in [0.5, 0.6) is 11.5 Å². The first kappa shape index (κ1) is 17.5. The molecule has 0 aliphatic heterocycles. The third-order valence-corrected chi connectivity index (χ3v) is 4.65. The van der Waals surface area contributed by atoms with Crippen molar-refractivity contribution in [1.82, 2.24) is 0 Å². The van der Waals surface area contributed by atoms with Gasteiger partial charge >= 0.3 is 0 Å². The molecule has 4 nitrogen and oxygen atoms in total. The Morgan fingerprint density at radius 3 is 2.26 bits per heavy atom. The van der Waals surface area contributed by atoms with E-state index in [0.29, 0.717) is 3.57 Å². The van der Waals surface area contributed by atoms with Crippen LogP contribution in [0.3, 0.4) is 0 Å². The number of hydrogen-bond donors (Lipinski definition) is 0. The van der Waals surface area contributed by atoms with Gasteiger partial charge in [-0.2, -0.15) is 4.39 Å². The third kappa shape index (κ3) is 2.87. The predicted molar refractivity (Wildman–Crippen MR) is 87.8 cm³/mol.